The topological polar surface area (TPSA) is 63.4 Å². The Kier molecular flexibility index (Phi) is 5.51. The first-order chi connectivity index (χ1) is 13.8. The van der Waals surface area contributed by atoms with Gasteiger partial charge in [-0.2, -0.15) is 0 Å². The number of ether oxygens (including phenoxy) is 2. The van der Waals surface area contributed by atoms with E-state index in [9.17, 15) is 4.79 Å². The number of carbonyl (C=O) groups excluding carboxylic acids is 1. The van der Waals surface area contributed by atoms with E-state index < -0.39 is 0 Å². The van der Waals surface area contributed by atoms with Gasteiger partial charge >= 0.3 is 0 Å². The Labute approximate surface area is 165 Å². The Hall–Kier alpha value is -2.95. The Morgan fingerprint density at radius 3 is 2.89 bits per heavy atom. The third-order valence-corrected chi connectivity index (χ3v) is 5.29. The summed E-state index contributed by atoms with van der Waals surface area (Å²) >= 11 is 0. The molecule has 1 amide bonds. The SMILES string of the molecule is CCCCCNC(=O)C[C@@H](c1ccc2c(c1)OCO2)c1c[nH]c2ccccc12. The number of rotatable bonds is 8. The molecule has 0 fully saturated rings. The molecule has 0 radical (unpaired) electrons. The van der Waals surface area contributed by atoms with Crippen LogP contribution in [0.1, 0.15) is 49.7 Å². The van der Waals surface area contributed by atoms with Crippen LogP contribution in [-0.2, 0) is 4.79 Å². The fourth-order valence-corrected chi connectivity index (χ4v) is 3.78. The molecule has 2 heterocycles. The lowest BCUT2D eigenvalue weighted by molar-refractivity contribution is -0.121. The Bertz CT molecular complexity index is 963. The van der Waals surface area contributed by atoms with Gasteiger partial charge in [0.05, 0.1) is 0 Å². The number of carbonyl (C=O) groups is 1. The van der Waals surface area contributed by atoms with Gasteiger partial charge in [-0.05, 0) is 35.7 Å². The Balaban J connectivity index is 1.62. The molecule has 0 spiro atoms. The molecular formula is C23H26N2O3. The van der Waals surface area contributed by atoms with Gasteiger partial charge < -0.3 is 19.8 Å². The standard InChI is InChI=1S/C23H26N2O3/c1-2-3-6-11-24-23(26)13-18(16-9-10-21-22(12-16)28-15-27-21)19-14-25-20-8-5-4-7-17(19)20/h4-5,7-10,12,14,18,25H,2-3,6,11,13,15H2,1H3,(H,24,26)/t18-/m0/s1. The quantitative estimate of drug-likeness (QED) is 0.557. The summed E-state index contributed by atoms with van der Waals surface area (Å²) in [5, 5.41) is 4.22. The number of fused-ring (bicyclic) bond motifs is 2. The molecule has 0 saturated carbocycles. The number of nitrogens with one attached hydrogen (secondary N) is 2. The van der Waals surface area contributed by atoms with E-state index in [4.69, 9.17) is 9.47 Å². The number of hydrogen-bond donors (Lipinski definition) is 2. The third-order valence-electron chi connectivity index (χ3n) is 5.29. The summed E-state index contributed by atoms with van der Waals surface area (Å²) in [6.07, 6.45) is 5.71. The fraction of sp³-hybridized carbons (Fsp3) is 0.348. The number of aromatic nitrogens is 1. The molecular weight excluding hydrogens is 352 g/mol. The molecule has 2 aromatic carbocycles. The number of amides is 1. The van der Waals surface area contributed by atoms with Crippen LogP contribution in [-0.4, -0.2) is 24.2 Å². The number of para-hydroxylation sites is 1. The molecule has 146 valence electrons. The minimum atomic E-state index is -0.0585. The van der Waals surface area contributed by atoms with Gasteiger partial charge in [0, 0.05) is 36.0 Å². The van der Waals surface area contributed by atoms with E-state index in [1.54, 1.807) is 0 Å². The first-order valence-corrected chi connectivity index (χ1v) is 9.98. The van der Waals surface area contributed by atoms with Crippen molar-refractivity contribution in [2.24, 2.45) is 0 Å². The largest absolute Gasteiger partial charge is 0.454 e. The maximum Gasteiger partial charge on any atom is 0.231 e. The molecule has 1 aromatic heterocycles. The van der Waals surface area contributed by atoms with Crippen molar-refractivity contribution in [3.8, 4) is 11.5 Å². The van der Waals surface area contributed by atoms with Crippen molar-refractivity contribution >= 4 is 16.8 Å². The van der Waals surface area contributed by atoms with Gasteiger partial charge in [-0.1, -0.05) is 44.0 Å². The predicted octanol–water partition coefficient (Wildman–Crippen LogP) is 4.73. The number of hydrogen-bond acceptors (Lipinski definition) is 3. The minimum Gasteiger partial charge on any atom is -0.454 e. The van der Waals surface area contributed by atoms with Gasteiger partial charge in [0.25, 0.3) is 0 Å². The van der Waals surface area contributed by atoms with E-state index in [-0.39, 0.29) is 18.6 Å². The molecule has 3 aromatic rings. The summed E-state index contributed by atoms with van der Waals surface area (Å²) in [7, 11) is 0. The molecule has 0 aliphatic carbocycles. The molecule has 2 N–H and O–H groups in total. The van der Waals surface area contributed by atoms with Crippen molar-refractivity contribution < 1.29 is 14.3 Å². The predicted molar refractivity (Wildman–Crippen MR) is 110 cm³/mol. The lowest BCUT2D eigenvalue weighted by Crippen LogP contribution is -2.26. The summed E-state index contributed by atoms with van der Waals surface area (Å²) in [4.78, 5) is 16.0. The number of benzene rings is 2. The van der Waals surface area contributed by atoms with Gasteiger partial charge in [0.15, 0.2) is 11.5 Å². The van der Waals surface area contributed by atoms with Crippen LogP contribution in [0.2, 0.25) is 0 Å². The maximum absolute atomic E-state index is 12.7. The molecule has 0 unspecified atom stereocenters. The first-order valence-electron chi connectivity index (χ1n) is 9.98. The first kappa shape index (κ1) is 18.4. The molecule has 1 aliphatic heterocycles. The molecule has 28 heavy (non-hydrogen) atoms. The molecule has 0 bridgehead atoms. The van der Waals surface area contributed by atoms with Crippen molar-refractivity contribution in [2.45, 2.75) is 38.5 Å². The van der Waals surface area contributed by atoms with Crippen molar-refractivity contribution in [3.63, 3.8) is 0 Å². The highest BCUT2D eigenvalue weighted by Gasteiger charge is 2.24. The zero-order valence-electron chi connectivity index (χ0n) is 16.2. The average Bonchev–Trinajstić information content (AvgIpc) is 3.36. The molecule has 5 heteroatoms. The number of unbranched alkanes of at least 4 members (excludes halogenated alkanes) is 2. The summed E-state index contributed by atoms with van der Waals surface area (Å²) in [5.74, 6) is 1.51. The van der Waals surface area contributed by atoms with E-state index in [1.165, 1.54) is 0 Å². The van der Waals surface area contributed by atoms with Gasteiger partial charge in [-0.15, -0.1) is 0 Å². The van der Waals surface area contributed by atoms with Gasteiger partial charge in [-0.25, -0.2) is 0 Å². The van der Waals surface area contributed by atoms with Crippen LogP contribution in [0.4, 0.5) is 0 Å². The van der Waals surface area contributed by atoms with Gasteiger partial charge in [0.2, 0.25) is 12.7 Å². The van der Waals surface area contributed by atoms with Crippen molar-refractivity contribution in [1.82, 2.24) is 10.3 Å². The van der Waals surface area contributed by atoms with Crippen LogP contribution < -0.4 is 14.8 Å². The zero-order chi connectivity index (χ0) is 19.3. The lowest BCUT2D eigenvalue weighted by Gasteiger charge is -2.18. The van der Waals surface area contributed by atoms with E-state index in [1.807, 2.05) is 36.5 Å². The van der Waals surface area contributed by atoms with E-state index in [0.717, 1.165) is 59.3 Å². The van der Waals surface area contributed by atoms with Crippen molar-refractivity contribution in [2.75, 3.05) is 13.3 Å². The smallest absolute Gasteiger partial charge is 0.231 e. The minimum absolute atomic E-state index is 0.0585. The van der Waals surface area contributed by atoms with E-state index >= 15 is 0 Å². The van der Waals surface area contributed by atoms with Gasteiger partial charge in [-0.3, -0.25) is 4.79 Å². The molecule has 1 aliphatic rings. The second-order valence-electron chi connectivity index (χ2n) is 7.22. The Morgan fingerprint density at radius 1 is 1.14 bits per heavy atom. The van der Waals surface area contributed by atoms with Crippen LogP contribution in [0.5, 0.6) is 11.5 Å². The van der Waals surface area contributed by atoms with Crippen LogP contribution in [0, 0.1) is 0 Å². The monoisotopic (exact) mass is 378 g/mol. The summed E-state index contributed by atoms with van der Waals surface area (Å²) in [6.45, 7) is 3.14. The molecule has 1 atom stereocenters. The molecule has 0 saturated heterocycles. The van der Waals surface area contributed by atoms with E-state index in [0.29, 0.717) is 6.42 Å². The Morgan fingerprint density at radius 2 is 2.00 bits per heavy atom. The zero-order valence-corrected chi connectivity index (χ0v) is 16.2. The normalized spacial score (nSPS) is 13.6. The van der Waals surface area contributed by atoms with Crippen molar-refractivity contribution in [3.05, 3.63) is 59.8 Å². The summed E-state index contributed by atoms with van der Waals surface area (Å²) < 4.78 is 11.0. The van der Waals surface area contributed by atoms with Crippen LogP contribution >= 0.6 is 0 Å². The van der Waals surface area contributed by atoms with E-state index in [2.05, 4.69) is 29.4 Å². The fourth-order valence-electron chi connectivity index (χ4n) is 3.78. The van der Waals surface area contributed by atoms with Crippen LogP contribution in [0.3, 0.4) is 0 Å². The number of H-pyrrole nitrogens is 1. The summed E-state index contributed by atoms with van der Waals surface area (Å²) in [5.41, 5.74) is 3.25. The van der Waals surface area contributed by atoms with Crippen LogP contribution in [0.25, 0.3) is 10.9 Å². The van der Waals surface area contributed by atoms with Gasteiger partial charge in [0.1, 0.15) is 0 Å². The van der Waals surface area contributed by atoms with Crippen molar-refractivity contribution in [1.29, 1.82) is 0 Å². The summed E-state index contributed by atoms with van der Waals surface area (Å²) in [6, 6.07) is 14.2. The second kappa shape index (κ2) is 8.38. The molecule has 4 rings (SSSR count). The highest BCUT2D eigenvalue weighted by molar-refractivity contribution is 5.86. The van der Waals surface area contributed by atoms with Crippen LogP contribution in [0.15, 0.2) is 48.7 Å². The maximum atomic E-state index is 12.7. The third kappa shape index (κ3) is 3.84. The number of aromatic amines is 1. The molecule has 5 nitrogen and oxygen atoms in total. The highest BCUT2D eigenvalue weighted by Crippen LogP contribution is 2.39. The second-order valence-corrected chi connectivity index (χ2v) is 7.22. The average molecular weight is 378 g/mol. The lowest BCUT2D eigenvalue weighted by atomic mass is 9.87. The highest BCUT2D eigenvalue weighted by atomic mass is 16.7.